The lowest BCUT2D eigenvalue weighted by Gasteiger charge is -2.11. The molecular formula is C15H23N. The fourth-order valence-electron chi connectivity index (χ4n) is 1.92. The van der Waals surface area contributed by atoms with Gasteiger partial charge in [-0.2, -0.15) is 0 Å². The largest absolute Gasteiger partial charge is 0.312 e. The molecule has 1 aliphatic carbocycles. The summed E-state index contributed by atoms with van der Waals surface area (Å²) in [4.78, 5) is 0. The molecule has 88 valence electrons. The highest BCUT2D eigenvalue weighted by molar-refractivity contribution is 5.24. The summed E-state index contributed by atoms with van der Waals surface area (Å²) in [7, 11) is 0. The second kappa shape index (κ2) is 4.58. The van der Waals surface area contributed by atoms with E-state index in [9.17, 15) is 0 Å². The van der Waals surface area contributed by atoms with E-state index in [-0.39, 0.29) is 0 Å². The van der Waals surface area contributed by atoms with E-state index < -0.39 is 0 Å². The number of rotatable bonds is 5. The van der Waals surface area contributed by atoms with Gasteiger partial charge >= 0.3 is 0 Å². The molecule has 0 radical (unpaired) electrons. The van der Waals surface area contributed by atoms with Crippen LogP contribution in [0.4, 0.5) is 0 Å². The molecule has 0 aliphatic heterocycles. The molecule has 1 aliphatic rings. The fourth-order valence-corrected chi connectivity index (χ4v) is 1.92. The monoisotopic (exact) mass is 217 g/mol. The van der Waals surface area contributed by atoms with Gasteiger partial charge in [0.15, 0.2) is 0 Å². The number of hydrogen-bond acceptors (Lipinski definition) is 1. The Morgan fingerprint density at radius 3 is 2.31 bits per heavy atom. The van der Waals surface area contributed by atoms with Crippen LogP contribution in [0.1, 0.15) is 50.7 Å². The predicted octanol–water partition coefficient (Wildman–Crippen LogP) is 3.70. The lowest BCUT2D eigenvalue weighted by atomic mass is 10.0. The van der Waals surface area contributed by atoms with Crippen LogP contribution >= 0.6 is 0 Å². The molecule has 1 heteroatoms. The van der Waals surface area contributed by atoms with Crippen LogP contribution in [0.2, 0.25) is 0 Å². The summed E-state index contributed by atoms with van der Waals surface area (Å²) in [5.74, 6) is 0.632. The second-order valence-electron chi connectivity index (χ2n) is 5.81. The Bertz CT molecular complexity index is 333. The molecule has 1 nitrogen and oxygen atoms in total. The van der Waals surface area contributed by atoms with Crippen LogP contribution in [0.25, 0.3) is 0 Å². The zero-order chi connectivity index (χ0) is 11.6. The molecule has 0 heterocycles. The van der Waals surface area contributed by atoms with Gasteiger partial charge in [0.1, 0.15) is 0 Å². The average Bonchev–Trinajstić information content (AvgIpc) is 2.97. The summed E-state index contributed by atoms with van der Waals surface area (Å²) < 4.78 is 0. The molecule has 1 N–H and O–H groups in total. The second-order valence-corrected chi connectivity index (χ2v) is 5.81. The molecule has 1 aromatic rings. The van der Waals surface area contributed by atoms with E-state index in [0.717, 1.165) is 6.54 Å². The minimum atomic E-state index is 0.609. The molecule has 1 aromatic carbocycles. The zero-order valence-corrected chi connectivity index (χ0v) is 10.7. The van der Waals surface area contributed by atoms with E-state index in [1.807, 2.05) is 0 Å². The Labute approximate surface area is 99.3 Å². The summed E-state index contributed by atoms with van der Waals surface area (Å²) in [5, 5.41) is 3.55. The quantitative estimate of drug-likeness (QED) is 0.793. The number of hydrogen-bond donors (Lipinski definition) is 1. The van der Waals surface area contributed by atoms with E-state index in [1.54, 1.807) is 0 Å². The van der Waals surface area contributed by atoms with Gasteiger partial charge in [0.05, 0.1) is 0 Å². The Balaban J connectivity index is 1.80. The Hall–Kier alpha value is -0.820. The fraction of sp³-hybridized carbons (Fsp3) is 0.600. The highest BCUT2D eigenvalue weighted by Crippen LogP contribution is 2.44. The van der Waals surface area contributed by atoms with E-state index in [4.69, 9.17) is 0 Å². The van der Waals surface area contributed by atoms with Crippen LogP contribution < -0.4 is 5.32 Å². The standard InChI is InChI=1S/C15H23N/c1-12(2)14-6-4-13(5-7-14)10-16-11-15(3)8-9-15/h4-7,12,16H,8-11H2,1-3H3. The summed E-state index contributed by atoms with van der Waals surface area (Å²) in [6.07, 6.45) is 2.79. The molecule has 0 saturated heterocycles. The van der Waals surface area contributed by atoms with Crippen molar-refractivity contribution in [2.24, 2.45) is 5.41 Å². The van der Waals surface area contributed by atoms with Crippen LogP contribution in [-0.2, 0) is 6.54 Å². The molecule has 1 saturated carbocycles. The van der Waals surface area contributed by atoms with Gasteiger partial charge in [-0.1, -0.05) is 45.0 Å². The Kier molecular flexibility index (Phi) is 3.34. The van der Waals surface area contributed by atoms with Gasteiger partial charge in [0, 0.05) is 13.1 Å². The minimum Gasteiger partial charge on any atom is -0.312 e. The third-order valence-corrected chi connectivity index (χ3v) is 3.63. The van der Waals surface area contributed by atoms with Crippen molar-refractivity contribution in [3.05, 3.63) is 35.4 Å². The molecule has 0 bridgehead atoms. The molecular weight excluding hydrogens is 194 g/mol. The highest BCUT2D eigenvalue weighted by atomic mass is 14.9. The zero-order valence-electron chi connectivity index (χ0n) is 10.7. The van der Waals surface area contributed by atoms with Gasteiger partial charge < -0.3 is 5.32 Å². The summed E-state index contributed by atoms with van der Waals surface area (Å²) >= 11 is 0. The van der Waals surface area contributed by atoms with Crippen molar-refractivity contribution in [2.45, 2.75) is 46.1 Å². The van der Waals surface area contributed by atoms with Crippen LogP contribution in [0.3, 0.4) is 0 Å². The van der Waals surface area contributed by atoms with Crippen LogP contribution in [0.15, 0.2) is 24.3 Å². The van der Waals surface area contributed by atoms with Gasteiger partial charge in [0.2, 0.25) is 0 Å². The summed E-state index contributed by atoms with van der Waals surface area (Å²) in [6.45, 7) is 9.01. The minimum absolute atomic E-state index is 0.609. The van der Waals surface area contributed by atoms with E-state index in [1.165, 1.54) is 30.5 Å². The van der Waals surface area contributed by atoms with Crippen molar-refractivity contribution in [3.8, 4) is 0 Å². The Morgan fingerprint density at radius 1 is 1.19 bits per heavy atom. The molecule has 0 aromatic heterocycles. The van der Waals surface area contributed by atoms with E-state index >= 15 is 0 Å². The topological polar surface area (TPSA) is 12.0 Å². The van der Waals surface area contributed by atoms with Crippen molar-refractivity contribution < 1.29 is 0 Å². The van der Waals surface area contributed by atoms with Gasteiger partial charge in [-0.25, -0.2) is 0 Å². The Morgan fingerprint density at radius 2 is 1.81 bits per heavy atom. The molecule has 0 atom stereocenters. The SMILES string of the molecule is CC(C)c1ccc(CNCC2(C)CC2)cc1. The van der Waals surface area contributed by atoms with E-state index in [2.05, 4.69) is 50.4 Å². The van der Waals surface area contributed by atoms with Gasteiger partial charge in [0.25, 0.3) is 0 Å². The molecule has 16 heavy (non-hydrogen) atoms. The predicted molar refractivity (Wildman–Crippen MR) is 69.6 cm³/mol. The first-order valence-electron chi connectivity index (χ1n) is 6.39. The molecule has 0 unspecified atom stereocenters. The highest BCUT2D eigenvalue weighted by Gasteiger charge is 2.36. The maximum atomic E-state index is 3.55. The lowest BCUT2D eigenvalue weighted by Crippen LogP contribution is -2.21. The maximum Gasteiger partial charge on any atom is 0.0205 e. The van der Waals surface area contributed by atoms with Crippen LogP contribution in [0.5, 0.6) is 0 Å². The smallest absolute Gasteiger partial charge is 0.0205 e. The van der Waals surface area contributed by atoms with Crippen molar-refractivity contribution in [2.75, 3.05) is 6.54 Å². The van der Waals surface area contributed by atoms with E-state index in [0.29, 0.717) is 11.3 Å². The first-order chi connectivity index (χ1) is 7.59. The summed E-state index contributed by atoms with van der Waals surface area (Å²) in [6, 6.07) is 9.00. The first-order valence-corrected chi connectivity index (χ1v) is 6.39. The normalized spacial score (nSPS) is 17.8. The van der Waals surface area contributed by atoms with Crippen molar-refractivity contribution in [3.63, 3.8) is 0 Å². The van der Waals surface area contributed by atoms with Gasteiger partial charge in [-0.3, -0.25) is 0 Å². The summed E-state index contributed by atoms with van der Waals surface area (Å²) in [5.41, 5.74) is 3.43. The third kappa shape index (κ3) is 3.08. The van der Waals surface area contributed by atoms with Crippen molar-refractivity contribution in [1.82, 2.24) is 5.32 Å². The maximum absolute atomic E-state index is 3.55. The van der Waals surface area contributed by atoms with Crippen LogP contribution in [0, 0.1) is 5.41 Å². The molecule has 0 spiro atoms. The van der Waals surface area contributed by atoms with Crippen molar-refractivity contribution in [1.29, 1.82) is 0 Å². The first kappa shape index (κ1) is 11.7. The average molecular weight is 217 g/mol. The van der Waals surface area contributed by atoms with Crippen molar-refractivity contribution >= 4 is 0 Å². The molecule has 0 amide bonds. The van der Waals surface area contributed by atoms with Crippen LogP contribution in [-0.4, -0.2) is 6.54 Å². The molecule has 2 rings (SSSR count). The molecule has 1 fully saturated rings. The van der Waals surface area contributed by atoms with Gasteiger partial charge in [-0.05, 0) is 35.3 Å². The number of benzene rings is 1. The number of nitrogens with one attached hydrogen (secondary N) is 1. The third-order valence-electron chi connectivity index (χ3n) is 3.63. The van der Waals surface area contributed by atoms with Gasteiger partial charge in [-0.15, -0.1) is 0 Å². The lowest BCUT2D eigenvalue weighted by molar-refractivity contribution is 0.499.